The quantitative estimate of drug-likeness (QED) is 0.144. The number of amides is 4. The number of rotatable bonds is 5. The minimum atomic E-state index is -1.48. The summed E-state index contributed by atoms with van der Waals surface area (Å²) in [6.07, 6.45) is 2.21. The first-order chi connectivity index (χ1) is 27.9. The summed E-state index contributed by atoms with van der Waals surface area (Å²) < 4.78 is 23.3. The number of phenolic OH excluding ortho intramolecular Hbond substituents is 1. The van der Waals surface area contributed by atoms with E-state index in [4.69, 9.17) is 21.4 Å². The van der Waals surface area contributed by atoms with Crippen LogP contribution in [0.5, 0.6) is 5.75 Å². The van der Waals surface area contributed by atoms with Gasteiger partial charge in [-0.05, 0) is 92.1 Å². The molecule has 14 heteroatoms. The second-order valence-corrected chi connectivity index (χ2v) is 17.7. The van der Waals surface area contributed by atoms with Crippen LogP contribution < -0.4 is 14.7 Å². The van der Waals surface area contributed by atoms with Crippen molar-refractivity contribution >= 4 is 73.8 Å². The highest BCUT2D eigenvalue weighted by Crippen LogP contribution is 2.64. The van der Waals surface area contributed by atoms with Gasteiger partial charge in [-0.2, -0.15) is 5.10 Å². The van der Waals surface area contributed by atoms with E-state index in [1.165, 1.54) is 31.9 Å². The van der Waals surface area contributed by atoms with Crippen molar-refractivity contribution in [2.75, 3.05) is 41.0 Å². The van der Waals surface area contributed by atoms with Crippen molar-refractivity contribution in [1.29, 1.82) is 0 Å². The molecular weight excluding hydrogens is 781 g/mol. The molecule has 0 bridgehead atoms. The van der Waals surface area contributed by atoms with Crippen molar-refractivity contribution in [3.05, 3.63) is 100 Å². The standard InChI is InChI=1S/C44H39ClFN5O6S/c1-22-29-19-23(45)7-14-34(29)58-39(22)33-21-35(48(3)47-33)51-41(54)31-20-30-26(37(44(31,2)43(51)56)28-5-4-6-32(46)38(28)52)12-13-27-36(30)42(55)50(40(27)53)25-10-8-24(9-11-25)49-15-17-57-18-16-49/h4-12,14,19,21,27,30-31,36-37,52H,13,15-18,20H2,1-3H3/t27-,30+,31-,36-,37+,44+/m0/s1. The van der Waals surface area contributed by atoms with Crippen LogP contribution in [0.25, 0.3) is 20.7 Å². The average Bonchev–Trinajstić information content (AvgIpc) is 3.89. The lowest BCUT2D eigenvalue weighted by Crippen LogP contribution is -2.49. The molecule has 58 heavy (non-hydrogen) atoms. The van der Waals surface area contributed by atoms with Crippen molar-refractivity contribution in [1.82, 2.24) is 9.78 Å². The van der Waals surface area contributed by atoms with Gasteiger partial charge in [-0.1, -0.05) is 35.4 Å². The van der Waals surface area contributed by atoms with Crippen LogP contribution in [0.1, 0.15) is 36.8 Å². The third kappa shape index (κ3) is 5.22. The highest BCUT2D eigenvalue weighted by Gasteiger charge is 2.68. The molecule has 2 aliphatic carbocycles. The van der Waals surface area contributed by atoms with Gasteiger partial charge in [0.15, 0.2) is 11.6 Å². The highest BCUT2D eigenvalue weighted by atomic mass is 35.5. The third-order valence-electron chi connectivity index (χ3n) is 13.3. The minimum absolute atomic E-state index is 0.112. The number of carbonyl (C=O) groups excluding carboxylic acids is 4. The molecule has 296 valence electrons. The van der Waals surface area contributed by atoms with Crippen LogP contribution in [-0.2, 0) is 31.0 Å². The van der Waals surface area contributed by atoms with E-state index in [2.05, 4.69) is 4.90 Å². The maximum atomic E-state index is 15.2. The molecule has 11 nitrogen and oxygen atoms in total. The number of aromatic hydroxyl groups is 1. The van der Waals surface area contributed by atoms with Gasteiger partial charge in [-0.15, -0.1) is 11.3 Å². The number of aryl methyl sites for hydroxylation is 2. The summed E-state index contributed by atoms with van der Waals surface area (Å²) in [5.74, 6) is -6.97. The minimum Gasteiger partial charge on any atom is -0.505 e. The number of fused-ring (bicyclic) bond motifs is 5. The monoisotopic (exact) mass is 819 g/mol. The lowest BCUT2D eigenvalue weighted by Gasteiger charge is -2.49. The van der Waals surface area contributed by atoms with Gasteiger partial charge < -0.3 is 14.7 Å². The van der Waals surface area contributed by atoms with Crippen molar-refractivity contribution in [3.8, 4) is 16.3 Å². The summed E-state index contributed by atoms with van der Waals surface area (Å²) in [4.78, 5) is 64.3. The highest BCUT2D eigenvalue weighted by molar-refractivity contribution is 7.22. The summed E-state index contributed by atoms with van der Waals surface area (Å²) in [5.41, 5.74) is 2.31. The summed E-state index contributed by atoms with van der Waals surface area (Å²) >= 11 is 7.85. The molecule has 3 saturated heterocycles. The Hall–Kier alpha value is -5.37. The number of anilines is 3. The Labute approximate surface area is 342 Å². The van der Waals surface area contributed by atoms with E-state index in [-0.39, 0.29) is 36.0 Å². The first-order valence-electron chi connectivity index (χ1n) is 19.5. The number of hydrogen-bond acceptors (Lipinski definition) is 9. The fraction of sp³-hybridized carbons (Fsp3) is 0.341. The summed E-state index contributed by atoms with van der Waals surface area (Å²) in [5, 5.41) is 17.7. The molecule has 5 aromatic rings. The zero-order valence-electron chi connectivity index (χ0n) is 31.9. The number of thiophene rings is 1. The average molecular weight is 820 g/mol. The second kappa shape index (κ2) is 13.3. The van der Waals surface area contributed by atoms with E-state index >= 15 is 9.18 Å². The SMILES string of the molecule is Cc1c(-c2cc(N3C(=O)[C@@H]4C[C@@H]5C(=CC[C@@H]6C(=O)N(c7ccc(N8CCOCC8)cc7)C(=O)[C@@H]65)[C@H](c5cccc(F)c5O)[C@]4(C)C3=O)n(C)n2)sc2ccc(Cl)cc12. The topological polar surface area (TPSA) is 125 Å². The molecule has 3 aliphatic heterocycles. The third-order valence-corrected chi connectivity index (χ3v) is 14.8. The number of allylic oxidation sites excluding steroid dienone is 2. The van der Waals surface area contributed by atoms with E-state index in [1.807, 2.05) is 43.3 Å². The Bertz CT molecular complexity index is 2630. The zero-order chi connectivity index (χ0) is 40.4. The van der Waals surface area contributed by atoms with Gasteiger partial charge >= 0.3 is 0 Å². The van der Waals surface area contributed by atoms with Gasteiger partial charge in [0.05, 0.1) is 46.9 Å². The van der Waals surface area contributed by atoms with Crippen LogP contribution in [0.15, 0.2) is 78.4 Å². The summed E-state index contributed by atoms with van der Waals surface area (Å²) in [6, 6.07) is 19.0. The fourth-order valence-electron chi connectivity index (χ4n) is 10.4. The molecule has 6 atom stereocenters. The predicted molar refractivity (Wildman–Crippen MR) is 218 cm³/mol. The number of benzene rings is 3. The van der Waals surface area contributed by atoms with Crippen LogP contribution in [0.2, 0.25) is 5.02 Å². The zero-order valence-corrected chi connectivity index (χ0v) is 33.5. The number of para-hydroxylation sites is 1. The molecule has 4 amide bonds. The Balaban J connectivity index is 1.04. The van der Waals surface area contributed by atoms with Gasteiger partial charge in [-0.3, -0.25) is 28.8 Å². The normalized spacial score (nSPS) is 27.0. The smallest absolute Gasteiger partial charge is 0.242 e. The predicted octanol–water partition coefficient (Wildman–Crippen LogP) is 7.38. The van der Waals surface area contributed by atoms with Crippen LogP contribution >= 0.6 is 22.9 Å². The maximum absolute atomic E-state index is 15.2. The maximum Gasteiger partial charge on any atom is 0.242 e. The molecule has 5 aliphatic rings. The molecule has 2 aromatic heterocycles. The van der Waals surface area contributed by atoms with Crippen molar-refractivity contribution in [2.24, 2.45) is 36.1 Å². The number of nitrogens with zero attached hydrogens (tertiary/aromatic N) is 5. The van der Waals surface area contributed by atoms with Crippen molar-refractivity contribution in [2.45, 2.75) is 32.6 Å². The van der Waals surface area contributed by atoms with Crippen molar-refractivity contribution < 1.29 is 33.4 Å². The van der Waals surface area contributed by atoms with Crippen LogP contribution in [0, 0.1) is 41.8 Å². The molecule has 0 radical (unpaired) electrons. The van der Waals surface area contributed by atoms with Crippen LogP contribution in [0.3, 0.4) is 0 Å². The molecule has 1 saturated carbocycles. The molecule has 4 fully saturated rings. The Morgan fingerprint density at radius 2 is 1.67 bits per heavy atom. The van der Waals surface area contributed by atoms with E-state index < -0.39 is 58.4 Å². The molecule has 10 rings (SSSR count). The summed E-state index contributed by atoms with van der Waals surface area (Å²) in [6.45, 7) is 6.41. The number of carbonyl (C=O) groups is 4. The Morgan fingerprint density at radius 3 is 2.43 bits per heavy atom. The molecule has 3 aromatic carbocycles. The number of morpholine rings is 1. The lowest BCUT2D eigenvalue weighted by atomic mass is 9.51. The summed E-state index contributed by atoms with van der Waals surface area (Å²) in [7, 11) is 1.68. The van der Waals surface area contributed by atoms with Gasteiger partial charge in [0, 0.05) is 53.1 Å². The first kappa shape index (κ1) is 36.9. The number of aromatic nitrogens is 2. The van der Waals surface area contributed by atoms with E-state index in [1.54, 1.807) is 38.2 Å². The number of phenols is 1. The second-order valence-electron chi connectivity index (χ2n) is 16.2. The van der Waals surface area contributed by atoms with E-state index in [9.17, 15) is 19.5 Å². The van der Waals surface area contributed by atoms with Gasteiger partial charge in [0.1, 0.15) is 11.5 Å². The lowest BCUT2D eigenvalue weighted by molar-refractivity contribution is -0.131. The van der Waals surface area contributed by atoms with Gasteiger partial charge in [0.25, 0.3) is 0 Å². The molecule has 0 spiro atoms. The number of halogens is 2. The van der Waals surface area contributed by atoms with E-state index in [0.717, 1.165) is 45.4 Å². The number of imide groups is 2. The molecule has 5 heterocycles. The molecule has 0 unspecified atom stereocenters. The van der Waals surface area contributed by atoms with E-state index in [0.29, 0.717) is 35.2 Å². The van der Waals surface area contributed by atoms with Crippen molar-refractivity contribution in [3.63, 3.8) is 0 Å². The first-order valence-corrected chi connectivity index (χ1v) is 20.7. The Morgan fingerprint density at radius 1 is 0.931 bits per heavy atom. The van der Waals surface area contributed by atoms with Crippen LogP contribution in [-0.4, -0.2) is 64.8 Å². The van der Waals surface area contributed by atoms with Gasteiger partial charge in [0.2, 0.25) is 23.6 Å². The number of ether oxygens (including phenoxy) is 1. The molecular formula is C44H39ClFN5O6S. The van der Waals surface area contributed by atoms with Gasteiger partial charge in [-0.25, -0.2) is 9.29 Å². The fourth-order valence-corrected chi connectivity index (χ4v) is 11.8. The Kier molecular flexibility index (Phi) is 8.49. The largest absolute Gasteiger partial charge is 0.505 e. The van der Waals surface area contributed by atoms with Crippen LogP contribution in [0.4, 0.5) is 21.6 Å². The number of hydrogen-bond donors (Lipinski definition) is 1. The molecule has 1 N–H and O–H groups in total.